The van der Waals surface area contributed by atoms with Crippen LogP contribution in [0.1, 0.15) is 28.7 Å². The predicted molar refractivity (Wildman–Crippen MR) is 123 cm³/mol. The van der Waals surface area contributed by atoms with E-state index in [0.717, 1.165) is 33.1 Å². The molecule has 3 heterocycles. The number of carbonyl (C=O) groups excluding carboxylic acids is 2. The van der Waals surface area contributed by atoms with Crippen LogP contribution < -0.4 is 5.32 Å². The third-order valence-corrected chi connectivity index (χ3v) is 6.36. The summed E-state index contributed by atoms with van der Waals surface area (Å²) in [5.74, 6) is -0.213. The summed E-state index contributed by atoms with van der Waals surface area (Å²) in [7, 11) is 0. The number of nitrogens with one attached hydrogen (secondary N) is 1. The van der Waals surface area contributed by atoms with Crippen LogP contribution in [0, 0.1) is 6.92 Å². The van der Waals surface area contributed by atoms with Crippen molar-refractivity contribution in [1.82, 2.24) is 19.5 Å². The summed E-state index contributed by atoms with van der Waals surface area (Å²) in [6.45, 7) is 3.72. The van der Waals surface area contributed by atoms with Gasteiger partial charge in [0.25, 0.3) is 0 Å². The van der Waals surface area contributed by atoms with Gasteiger partial charge in [-0.05, 0) is 25.1 Å². The van der Waals surface area contributed by atoms with Crippen LogP contribution in [-0.2, 0) is 11.3 Å². The maximum Gasteiger partial charge on any atom is 0.227 e. The van der Waals surface area contributed by atoms with E-state index in [4.69, 9.17) is 9.97 Å². The Balaban J connectivity index is 1.47. The summed E-state index contributed by atoms with van der Waals surface area (Å²) >= 11 is 1.20. The van der Waals surface area contributed by atoms with E-state index in [-0.39, 0.29) is 18.1 Å². The molecule has 0 saturated heterocycles. The minimum atomic E-state index is -0.163. The Kier molecular flexibility index (Phi) is 4.71. The van der Waals surface area contributed by atoms with Gasteiger partial charge in [-0.1, -0.05) is 41.7 Å². The van der Waals surface area contributed by atoms with Crippen LogP contribution in [0.15, 0.2) is 48.5 Å². The minimum Gasteiger partial charge on any atom is -0.323 e. The fraction of sp³-hybridized carbons (Fsp3) is 0.174. The Bertz CT molecular complexity index is 1480. The standard InChI is InChI=1S/C23H19N5O2S/c1-13-21(14(2)29)31-23(24-13)27-19(30)11-12-28-18-10-6-3-7-15(18)20-22(28)26-17-9-5-4-8-16(17)25-20/h3-10H,11-12H2,1-2H3,(H,24,27,30). The maximum atomic E-state index is 12.6. The van der Waals surface area contributed by atoms with Gasteiger partial charge in [-0.2, -0.15) is 0 Å². The van der Waals surface area contributed by atoms with Crippen molar-refractivity contribution in [3.8, 4) is 0 Å². The molecule has 2 aromatic carbocycles. The Labute approximate surface area is 181 Å². The number of benzene rings is 2. The summed E-state index contributed by atoms with van der Waals surface area (Å²) in [5.41, 5.74) is 4.88. The van der Waals surface area contributed by atoms with Gasteiger partial charge < -0.3 is 9.88 Å². The molecule has 1 N–H and O–H groups in total. The van der Waals surface area contributed by atoms with E-state index >= 15 is 0 Å². The van der Waals surface area contributed by atoms with Gasteiger partial charge in [-0.25, -0.2) is 15.0 Å². The summed E-state index contributed by atoms with van der Waals surface area (Å²) in [6.07, 6.45) is 0.246. The van der Waals surface area contributed by atoms with Crippen molar-refractivity contribution in [2.45, 2.75) is 26.8 Å². The highest BCUT2D eigenvalue weighted by Crippen LogP contribution is 2.28. The van der Waals surface area contributed by atoms with E-state index < -0.39 is 0 Å². The van der Waals surface area contributed by atoms with Crippen molar-refractivity contribution in [1.29, 1.82) is 0 Å². The number of para-hydroxylation sites is 3. The Hall–Kier alpha value is -3.65. The average molecular weight is 430 g/mol. The van der Waals surface area contributed by atoms with Crippen LogP contribution in [0.25, 0.3) is 33.1 Å². The van der Waals surface area contributed by atoms with Crippen LogP contribution in [-0.4, -0.2) is 31.2 Å². The smallest absolute Gasteiger partial charge is 0.227 e. The molecule has 5 aromatic rings. The molecule has 5 rings (SSSR count). The number of anilines is 1. The second kappa shape index (κ2) is 7.55. The highest BCUT2D eigenvalue weighted by atomic mass is 32.1. The third-order valence-electron chi connectivity index (χ3n) is 5.18. The molecule has 0 aliphatic carbocycles. The Morgan fingerprint density at radius 3 is 2.45 bits per heavy atom. The summed E-state index contributed by atoms with van der Waals surface area (Å²) in [5, 5.41) is 4.27. The number of hydrogen-bond acceptors (Lipinski definition) is 6. The van der Waals surface area contributed by atoms with Gasteiger partial charge in [0.1, 0.15) is 5.52 Å². The second-order valence-electron chi connectivity index (χ2n) is 7.34. The summed E-state index contributed by atoms with van der Waals surface area (Å²) < 4.78 is 2.04. The normalized spacial score (nSPS) is 11.4. The molecule has 8 heteroatoms. The Morgan fingerprint density at radius 1 is 1.00 bits per heavy atom. The van der Waals surface area contributed by atoms with Crippen molar-refractivity contribution in [3.05, 3.63) is 59.1 Å². The van der Waals surface area contributed by atoms with E-state index in [1.54, 1.807) is 6.92 Å². The largest absolute Gasteiger partial charge is 0.323 e. The second-order valence-corrected chi connectivity index (χ2v) is 8.34. The van der Waals surface area contributed by atoms with Gasteiger partial charge in [0.2, 0.25) is 5.91 Å². The molecule has 0 aliphatic rings. The fourth-order valence-corrected chi connectivity index (χ4v) is 4.66. The molecule has 0 aliphatic heterocycles. The molecule has 0 radical (unpaired) electrons. The van der Waals surface area contributed by atoms with Gasteiger partial charge in [0.05, 0.1) is 27.1 Å². The van der Waals surface area contributed by atoms with Crippen molar-refractivity contribution >= 4 is 61.3 Å². The quantitative estimate of drug-likeness (QED) is 0.408. The van der Waals surface area contributed by atoms with E-state index in [1.807, 2.05) is 53.1 Å². The van der Waals surface area contributed by atoms with Crippen LogP contribution >= 0.6 is 11.3 Å². The van der Waals surface area contributed by atoms with Crippen LogP contribution in [0.2, 0.25) is 0 Å². The van der Waals surface area contributed by atoms with Gasteiger partial charge in [0, 0.05) is 25.3 Å². The first-order valence-electron chi connectivity index (χ1n) is 9.93. The predicted octanol–water partition coefficient (Wildman–Crippen LogP) is 4.73. The van der Waals surface area contributed by atoms with Crippen molar-refractivity contribution in [2.24, 2.45) is 0 Å². The SMILES string of the molecule is CC(=O)c1sc(NC(=O)CCn2c3ccccc3c3nc4ccccc4nc32)nc1C. The zero-order valence-electron chi connectivity index (χ0n) is 17.0. The monoisotopic (exact) mass is 429 g/mol. The van der Waals surface area contributed by atoms with E-state index in [1.165, 1.54) is 18.3 Å². The number of aromatic nitrogens is 4. The number of carbonyl (C=O) groups is 2. The molecule has 154 valence electrons. The number of Topliss-reactive ketones (excluding diaryl/α,β-unsaturated/α-hetero) is 1. The molecule has 0 bridgehead atoms. The van der Waals surface area contributed by atoms with Crippen molar-refractivity contribution in [2.75, 3.05) is 5.32 Å². The number of fused-ring (bicyclic) bond motifs is 4. The third kappa shape index (κ3) is 3.44. The van der Waals surface area contributed by atoms with E-state index in [2.05, 4.69) is 10.3 Å². The fourth-order valence-electron chi connectivity index (χ4n) is 3.78. The van der Waals surface area contributed by atoms with E-state index in [9.17, 15) is 9.59 Å². The lowest BCUT2D eigenvalue weighted by Crippen LogP contribution is -2.14. The number of ketones is 1. The topological polar surface area (TPSA) is 89.8 Å². The number of amides is 1. The molecular weight excluding hydrogens is 410 g/mol. The average Bonchev–Trinajstić information content (AvgIpc) is 3.28. The van der Waals surface area contributed by atoms with Crippen molar-refractivity contribution < 1.29 is 9.59 Å². The highest BCUT2D eigenvalue weighted by molar-refractivity contribution is 7.17. The lowest BCUT2D eigenvalue weighted by atomic mass is 10.2. The Morgan fingerprint density at radius 2 is 1.71 bits per heavy atom. The van der Waals surface area contributed by atoms with Gasteiger partial charge in [-0.3, -0.25) is 9.59 Å². The number of rotatable bonds is 5. The van der Waals surface area contributed by atoms with Gasteiger partial charge in [0.15, 0.2) is 16.6 Å². The van der Waals surface area contributed by atoms with Crippen LogP contribution in [0.3, 0.4) is 0 Å². The first kappa shape index (κ1) is 19.3. The first-order chi connectivity index (χ1) is 15.0. The molecular formula is C23H19N5O2S. The van der Waals surface area contributed by atoms with Crippen LogP contribution in [0.5, 0.6) is 0 Å². The van der Waals surface area contributed by atoms with Crippen molar-refractivity contribution in [3.63, 3.8) is 0 Å². The molecule has 1 amide bonds. The molecule has 0 spiro atoms. The molecule has 3 aromatic heterocycles. The summed E-state index contributed by atoms with van der Waals surface area (Å²) in [6, 6.07) is 15.8. The van der Waals surface area contributed by atoms with E-state index in [0.29, 0.717) is 22.2 Å². The van der Waals surface area contributed by atoms with Gasteiger partial charge >= 0.3 is 0 Å². The van der Waals surface area contributed by atoms with Gasteiger partial charge in [-0.15, -0.1) is 0 Å². The minimum absolute atomic E-state index is 0.0495. The maximum absolute atomic E-state index is 12.6. The number of hydrogen-bond donors (Lipinski definition) is 1. The molecule has 0 fully saturated rings. The number of aryl methyl sites for hydroxylation is 2. The lowest BCUT2D eigenvalue weighted by Gasteiger charge is -2.07. The molecule has 31 heavy (non-hydrogen) atoms. The zero-order chi connectivity index (χ0) is 21.5. The number of thiazole rings is 1. The first-order valence-corrected chi connectivity index (χ1v) is 10.7. The molecule has 0 atom stereocenters. The molecule has 0 unspecified atom stereocenters. The summed E-state index contributed by atoms with van der Waals surface area (Å²) in [4.78, 5) is 38.7. The molecule has 0 saturated carbocycles. The molecule has 7 nitrogen and oxygen atoms in total. The zero-order valence-corrected chi connectivity index (χ0v) is 17.9. The highest BCUT2D eigenvalue weighted by Gasteiger charge is 2.17. The lowest BCUT2D eigenvalue weighted by molar-refractivity contribution is -0.116. The van der Waals surface area contributed by atoms with Crippen LogP contribution in [0.4, 0.5) is 5.13 Å². The number of nitrogens with zero attached hydrogens (tertiary/aromatic N) is 4.